The first kappa shape index (κ1) is 16.6. The third-order valence-electron chi connectivity index (χ3n) is 3.22. The Labute approximate surface area is 127 Å². The Morgan fingerprint density at radius 2 is 2.05 bits per heavy atom. The van der Waals surface area contributed by atoms with Gasteiger partial charge in [0.25, 0.3) is 0 Å². The summed E-state index contributed by atoms with van der Waals surface area (Å²) in [6.07, 6.45) is 0. The van der Waals surface area contributed by atoms with Gasteiger partial charge in [0, 0.05) is 25.7 Å². The fraction of sp³-hybridized carbons (Fsp3) is 0.500. The van der Waals surface area contributed by atoms with Crippen molar-refractivity contribution in [1.29, 1.82) is 0 Å². The van der Waals surface area contributed by atoms with Crippen LogP contribution in [0, 0.1) is 10.1 Å². The number of hydrogen-bond donors (Lipinski definition) is 1. The monoisotopic (exact) mass is 331 g/mol. The number of nitrogens with two attached hydrogens (primary N) is 1. The van der Waals surface area contributed by atoms with Crippen molar-refractivity contribution in [2.45, 2.75) is 4.90 Å². The van der Waals surface area contributed by atoms with Crippen molar-refractivity contribution >= 4 is 15.7 Å². The van der Waals surface area contributed by atoms with E-state index in [0.29, 0.717) is 19.8 Å². The Morgan fingerprint density at radius 3 is 2.64 bits per heavy atom. The molecule has 0 atom stereocenters. The molecule has 2 rings (SSSR count). The molecule has 10 heteroatoms. The highest BCUT2D eigenvalue weighted by atomic mass is 32.2. The lowest BCUT2D eigenvalue weighted by atomic mass is 10.3. The van der Waals surface area contributed by atoms with Gasteiger partial charge in [-0.05, 0) is 12.1 Å². The fourth-order valence-corrected chi connectivity index (χ4v) is 2.58. The molecule has 1 aliphatic rings. The number of primary sulfonamides is 1. The minimum atomic E-state index is -4.00. The molecule has 0 aliphatic carbocycles. The van der Waals surface area contributed by atoms with Crippen molar-refractivity contribution < 1.29 is 22.8 Å². The molecule has 9 nitrogen and oxygen atoms in total. The van der Waals surface area contributed by atoms with Gasteiger partial charge in [-0.1, -0.05) is 0 Å². The van der Waals surface area contributed by atoms with Gasteiger partial charge in [-0.15, -0.1) is 0 Å². The maximum Gasteiger partial charge on any atom is 0.312 e. The highest BCUT2D eigenvalue weighted by Crippen LogP contribution is 2.29. The van der Waals surface area contributed by atoms with Gasteiger partial charge >= 0.3 is 5.69 Å². The lowest BCUT2D eigenvalue weighted by Crippen LogP contribution is -2.38. The van der Waals surface area contributed by atoms with Crippen molar-refractivity contribution in [3.05, 3.63) is 28.3 Å². The fourth-order valence-electron chi connectivity index (χ4n) is 2.05. The van der Waals surface area contributed by atoms with Gasteiger partial charge in [-0.2, -0.15) is 0 Å². The van der Waals surface area contributed by atoms with Crippen molar-refractivity contribution in [1.82, 2.24) is 4.90 Å². The SMILES string of the molecule is NS(=O)(=O)c1ccc(OCCN2CCOCC2)c([N+](=O)[O-])c1. The third kappa shape index (κ3) is 4.37. The topological polar surface area (TPSA) is 125 Å². The highest BCUT2D eigenvalue weighted by molar-refractivity contribution is 7.89. The molecular formula is C12H17N3O6S. The molecule has 0 radical (unpaired) electrons. The van der Waals surface area contributed by atoms with E-state index in [2.05, 4.69) is 4.90 Å². The van der Waals surface area contributed by atoms with Crippen LogP contribution in [-0.2, 0) is 14.8 Å². The summed E-state index contributed by atoms with van der Waals surface area (Å²) in [7, 11) is -4.00. The van der Waals surface area contributed by atoms with Crippen LogP contribution in [-0.4, -0.2) is 57.7 Å². The molecule has 0 unspecified atom stereocenters. The van der Waals surface area contributed by atoms with Gasteiger partial charge in [-0.3, -0.25) is 15.0 Å². The lowest BCUT2D eigenvalue weighted by Gasteiger charge is -2.26. The number of nitro benzene ring substituents is 1. The quantitative estimate of drug-likeness (QED) is 0.572. The molecule has 2 N–H and O–H groups in total. The van der Waals surface area contributed by atoms with E-state index in [1.54, 1.807) is 0 Å². The van der Waals surface area contributed by atoms with Gasteiger partial charge in [0.05, 0.1) is 23.0 Å². The Bertz CT molecular complexity index is 642. The van der Waals surface area contributed by atoms with Crippen LogP contribution in [0.1, 0.15) is 0 Å². The normalized spacial score (nSPS) is 16.4. The first-order valence-electron chi connectivity index (χ1n) is 6.62. The second kappa shape index (κ2) is 7.01. The van der Waals surface area contributed by atoms with Gasteiger partial charge in [0.2, 0.25) is 10.0 Å². The molecule has 0 bridgehead atoms. The average Bonchev–Trinajstić information content (AvgIpc) is 2.47. The number of hydrogen-bond acceptors (Lipinski definition) is 7. The second-order valence-electron chi connectivity index (χ2n) is 4.73. The van der Waals surface area contributed by atoms with E-state index in [0.717, 1.165) is 19.2 Å². The summed E-state index contributed by atoms with van der Waals surface area (Å²) >= 11 is 0. The summed E-state index contributed by atoms with van der Waals surface area (Å²) in [4.78, 5) is 12.1. The zero-order valence-corrected chi connectivity index (χ0v) is 12.6. The number of rotatable bonds is 6. The predicted molar refractivity (Wildman–Crippen MR) is 77.2 cm³/mol. The number of morpholine rings is 1. The average molecular weight is 331 g/mol. The van der Waals surface area contributed by atoms with Gasteiger partial charge in [-0.25, -0.2) is 13.6 Å². The summed E-state index contributed by atoms with van der Waals surface area (Å²) in [6, 6.07) is 3.34. The van der Waals surface area contributed by atoms with E-state index in [4.69, 9.17) is 14.6 Å². The van der Waals surface area contributed by atoms with E-state index >= 15 is 0 Å². The molecule has 0 aromatic heterocycles. The summed E-state index contributed by atoms with van der Waals surface area (Å²) < 4.78 is 33.1. The van der Waals surface area contributed by atoms with Gasteiger partial charge < -0.3 is 9.47 Å². The Kier molecular flexibility index (Phi) is 5.29. The smallest absolute Gasteiger partial charge is 0.312 e. The van der Waals surface area contributed by atoms with Crippen LogP contribution in [0.5, 0.6) is 5.75 Å². The molecule has 1 aromatic rings. The van der Waals surface area contributed by atoms with Crippen molar-refractivity contribution in [3.8, 4) is 5.75 Å². The molecule has 1 fully saturated rings. The Balaban J connectivity index is 2.05. The van der Waals surface area contributed by atoms with Crippen LogP contribution in [0.2, 0.25) is 0 Å². The molecule has 0 saturated carbocycles. The number of benzene rings is 1. The van der Waals surface area contributed by atoms with Crippen LogP contribution in [0.4, 0.5) is 5.69 Å². The van der Waals surface area contributed by atoms with Crippen LogP contribution < -0.4 is 9.88 Å². The molecule has 22 heavy (non-hydrogen) atoms. The standard InChI is InChI=1S/C12H17N3O6S/c13-22(18,19)10-1-2-12(11(9-10)15(16)17)21-8-5-14-3-6-20-7-4-14/h1-2,9H,3-8H2,(H2,13,18,19). The summed E-state index contributed by atoms with van der Waals surface area (Å²) in [5.41, 5.74) is -0.423. The first-order chi connectivity index (χ1) is 10.4. The van der Waals surface area contributed by atoms with Crippen LogP contribution >= 0.6 is 0 Å². The molecule has 0 spiro atoms. The molecule has 1 aliphatic heterocycles. The Hall–Kier alpha value is -1.75. The van der Waals surface area contributed by atoms with E-state index in [9.17, 15) is 18.5 Å². The maximum absolute atomic E-state index is 11.2. The molecule has 1 heterocycles. The summed E-state index contributed by atoms with van der Waals surface area (Å²) in [5, 5.41) is 16.0. The summed E-state index contributed by atoms with van der Waals surface area (Å²) in [6.45, 7) is 3.75. The second-order valence-corrected chi connectivity index (χ2v) is 6.30. The maximum atomic E-state index is 11.2. The van der Waals surface area contributed by atoms with Crippen LogP contribution in [0.15, 0.2) is 23.1 Å². The van der Waals surface area contributed by atoms with Crippen molar-refractivity contribution in [2.24, 2.45) is 5.14 Å². The van der Waals surface area contributed by atoms with E-state index in [-0.39, 0.29) is 17.3 Å². The molecule has 1 aromatic carbocycles. The Morgan fingerprint density at radius 1 is 1.36 bits per heavy atom. The number of sulfonamides is 1. The van der Waals surface area contributed by atoms with Crippen LogP contribution in [0.3, 0.4) is 0 Å². The third-order valence-corrected chi connectivity index (χ3v) is 4.14. The number of nitrogens with zero attached hydrogens (tertiary/aromatic N) is 2. The summed E-state index contributed by atoms with van der Waals surface area (Å²) in [5.74, 6) is 0.0191. The number of ether oxygens (including phenoxy) is 2. The lowest BCUT2D eigenvalue weighted by molar-refractivity contribution is -0.386. The predicted octanol–water partition coefficient (Wildman–Crippen LogP) is -0.0468. The first-order valence-corrected chi connectivity index (χ1v) is 8.17. The minimum absolute atomic E-state index is 0.0191. The minimum Gasteiger partial charge on any atom is -0.485 e. The zero-order valence-electron chi connectivity index (χ0n) is 11.8. The molecule has 1 saturated heterocycles. The van der Waals surface area contributed by atoms with Crippen molar-refractivity contribution in [2.75, 3.05) is 39.5 Å². The molecule has 0 amide bonds. The zero-order chi connectivity index (χ0) is 16.2. The largest absolute Gasteiger partial charge is 0.485 e. The molecular weight excluding hydrogens is 314 g/mol. The van der Waals surface area contributed by atoms with E-state index < -0.39 is 20.6 Å². The number of nitro groups is 1. The van der Waals surface area contributed by atoms with Gasteiger partial charge in [0.1, 0.15) is 6.61 Å². The highest BCUT2D eigenvalue weighted by Gasteiger charge is 2.20. The van der Waals surface area contributed by atoms with E-state index in [1.165, 1.54) is 12.1 Å². The van der Waals surface area contributed by atoms with Crippen LogP contribution in [0.25, 0.3) is 0 Å². The molecule has 122 valence electrons. The van der Waals surface area contributed by atoms with E-state index in [1.807, 2.05) is 0 Å². The van der Waals surface area contributed by atoms with Crippen molar-refractivity contribution in [3.63, 3.8) is 0 Å². The van der Waals surface area contributed by atoms with Gasteiger partial charge in [0.15, 0.2) is 5.75 Å².